The largest absolute Gasteiger partial charge is 0.390 e. The Morgan fingerprint density at radius 3 is 2.83 bits per heavy atom. The van der Waals surface area contributed by atoms with Gasteiger partial charge in [-0.05, 0) is 43.1 Å². The molecule has 98 valence electrons. The minimum Gasteiger partial charge on any atom is -0.390 e. The van der Waals surface area contributed by atoms with Gasteiger partial charge in [0.2, 0.25) is 0 Å². The van der Waals surface area contributed by atoms with Crippen molar-refractivity contribution >= 4 is 22.2 Å². The minimum atomic E-state index is 0.0483. The van der Waals surface area contributed by atoms with E-state index in [2.05, 4.69) is 19.2 Å². The molecule has 2 aliphatic carbocycles. The molecule has 1 fully saturated rings. The summed E-state index contributed by atoms with van der Waals surface area (Å²) >= 11 is 1.61. The molecule has 3 rings (SSSR count). The van der Waals surface area contributed by atoms with Crippen molar-refractivity contribution in [2.45, 2.75) is 52.0 Å². The molecule has 0 radical (unpaired) electrons. The quantitative estimate of drug-likeness (QED) is 0.863. The second-order valence-corrected chi connectivity index (χ2v) is 7.47. The van der Waals surface area contributed by atoms with Crippen molar-refractivity contribution in [2.75, 3.05) is 5.73 Å². The van der Waals surface area contributed by atoms with Gasteiger partial charge in [-0.15, -0.1) is 11.3 Å². The van der Waals surface area contributed by atoms with Gasteiger partial charge in [0.25, 0.3) is 5.91 Å². The number of carbonyl (C=O) groups excluding carboxylic acids is 1. The van der Waals surface area contributed by atoms with Crippen LogP contribution in [0.2, 0.25) is 0 Å². The molecule has 1 amide bonds. The van der Waals surface area contributed by atoms with Gasteiger partial charge in [-0.1, -0.05) is 13.8 Å². The molecule has 0 spiro atoms. The van der Waals surface area contributed by atoms with Crippen molar-refractivity contribution in [3.05, 3.63) is 16.0 Å². The average molecular weight is 264 g/mol. The molecule has 0 aliphatic heterocycles. The van der Waals surface area contributed by atoms with Crippen LogP contribution >= 0.6 is 11.3 Å². The molecule has 3 N–H and O–H groups in total. The van der Waals surface area contributed by atoms with Crippen LogP contribution in [0.15, 0.2) is 0 Å². The van der Waals surface area contributed by atoms with E-state index >= 15 is 0 Å². The Morgan fingerprint density at radius 1 is 1.44 bits per heavy atom. The molecule has 1 saturated carbocycles. The Morgan fingerprint density at radius 2 is 2.17 bits per heavy atom. The molecule has 0 aromatic carbocycles. The van der Waals surface area contributed by atoms with E-state index in [4.69, 9.17) is 5.73 Å². The number of nitrogen functional groups attached to an aromatic ring is 1. The van der Waals surface area contributed by atoms with Crippen LogP contribution in [-0.2, 0) is 12.8 Å². The van der Waals surface area contributed by atoms with E-state index in [0.717, 1.165) is 37.7 Å². The SMILES string of the molecule is CC1(C)CCc2c(sc(N)c2C(=O)NC2CC2)C1. The van der Waals surface area contributed by atoms with Gasteiger partial charge in [0.1, 0.15) is 0 Å². The molecule has 1 heterocycles. The second-order valence-electron chi connectivity index (χ2n) is 6.33. The minimum absolute atomic E-state index is 0.0483. The predicted octanol–water partition coefficient (Wildman–Crippen LogP) is 2.74. The molecule has 1 aromatic heterocycles. The van der Waals surface area contributed by atoms with Gasteiger partial charge >= 0.3 is 0 Å². The summed E-state index contributed by atoms with van der Waals surface area (Å²) in [6.07, 6.45) is 5.41. The van der Waals surface area contributed by atoms with Gasteiger partial charge in [0.05, 0.1) is 10.6 Å². The first-order chi connectivity index (χ1) is 8.46. The van der Waals surface area contributed by atoms with Crippen LogP contribution in [0.25, 0.3) is 0 Å². The third-order valence-corrected chi connectivity index (χ3v) is 5.01. The Balaban J connectivity index is 1.91. The normalized spacial score (nSPS) is 21.4. The highest BCUT2D eigenvalue weighted by Crippen LogP contribution is 2.42. The van der Waals surface area contributed by atoms with E-state index in [1.54, 1.807) is 11.3 Å². The van der Waals surface area contributed by atoms with Crippen LogP contribution < -0.4 is 11.1 Å². The van der Waals surface area contributed by atoms with E-state index < -0.39 is 0 Å². The van der Waals surface area contributed by atoms with Gasteiger partial charge in [0.15, 0.2) is 0 Å². The zero-order valence-corrected chi connectivity index (χ0v) is 11.8. The van der Waals surface area contributed by atoms with Crippen molar-refractivity contribution < 1.29 is 4.79 Å². The van der Waals surface area contributed by atoms with Gasteiger partial charge in [-0.3, -0.25) is 4.79 Å². The molecule has 0 atom stereocenters. The van der Waals surface area contributed by atoms with Crippen LogP contribution in [-0.4, -0.2) is 11.9 Å². The van der Waals surface area contributed by atoms with Crippen LogP contribution in [0.1, 0.15) is 53.9 Å². The summed E-state index contributed by atoms with van der Waals surface area (Å²) < 4.78 is 0. The lowest BCUT2D eigenvalue weighted by Crippen LogP contribution is -2.28. The standard InChI is InChI=1S/C14H20N2OS/c1-14(2)6-5-9-10(7-14)18-12(15)11(9)13(17)16-8-3-4-8/h8H,3-7,15H2,1-2H3,(H,16,17). The number of fused-ring (bicyclic) bond motifs is 1. The van der Waals surface area contributed by atoms with Crippen molar-refractivity contribution in [2.24, 2.45) is 5.41 Å². The monoisotopic (exact) mass is 264 g/mol. The summed E-state index contributed by atoms with van der Waals surface area (Å²) in [5.74, 6) is 0.0483. The third kappa shape index (κ3) is 2.14. The number of thiophene rings is 1. The summed E-state index contributed by atoms with van der Waals surface area (Å²) in [7, 11) is 0. The number of hydrogen-bond acceptors (Lipinski definition) is 3. The van der Waals surface area contributed by atoms with Crippen molar-refractivity contribution in [3.8, 4) is 0 Å². The Bertz CT molecular complexity index is 500. The summed E-state index contributed by atoms with van der Waals surface area (Å²) in [4.78, 5) is 13.5. The van der Waals surface area contributed by atoms with Gasteiger partial charge in [0, 0.05) is 10.9 Å². The number of nitrogens with one attached hydrogen (secondary N) is 1. The zero-order chi connectivity index (χ0) is 12.9. The molecular weight excluding hydrogens is 244 g/mol. The van der Waals surface area contributed by atoms with Crippen LogP contribution in [0, 0.1) is 5.41 Å². The Labute approximate surface area is 112 Å². The molecular formula is C14H20N2OS. The highest BCUT2D eigenvalue weighted by atomic mass is 32.1. The Hall–Kier alpha value is -1.03. The number of anilines is 1. The number of amides is 1. The first-order valence-electron chi connectivity index (χ1n) is 6.67. The maximum Gasteiger partial charge on any atom is 0.254 e. The maximum atomic E-state index is 12.2. The molecule has 18 heavy (non-hydrogen) atoms. The lowest BCUT2D eigenvalue weighted by atomic mass is 9.77. The fourth-order valence-electron chi connectivity index (χ4n) is 2.66. The Kier molecular flexibility index (Phi) is 2.66. The summed E-state index contributed by atoms with van der Waals surface area (Å²) in [5.41, 5.74) is 8.40. The zero-order valence-electron chi connectivity index (χ0n) is 11.0. The predicted molar refractivity (Wildman–Crippen MR) is 75.0 cm³/mol. The molecule has 0 saturated heterocycles. The van der Waals surface area contributed by atoms with Crippen molar-refractivity contribution in [1.82, 2.24) is 5.32 Å². The van der Waals surface area contributed by atoms with Crippen LogP contribution in [0.3, 0.4) is 0 Å². The van der Waals surface area contributed by atoms with E-state index in [1.807, 2.05) is 0 Å². The third-order valence-electron chi connectivity index (χ3n) is 3.95. The van der Waals surface area contributed by atoms with Crippen molar-refractivity contribution in [1.29, 1.82) is 0 Å². The van der Waals surface area contributed by atoms with Gasteiger partial charge < -0.3 is 11.1 Å². The molecule has 1 aromatic rings. The van der Waals surface area contributed by atoms with Crippen LogP contribution in [0.4, 0.5) is 5.00 Å². The van der Waals surface area contributed by atoms with Crippen molar-refractivity contribution in [3.63, 3.8) is 0 Å². The number of hydrogen-bond donors (Lipinski definition) is 2. The average Bonchev–Trinajstić information content (AvgIpc) is 2.99. The fourth-order valence-corrected chi connectivity index (χ4v) is 4.03. The molecule has 0 bridgehead atoms. The topological polar surface area (TPSA) is 55.1 Å². The van der Waals surface area contributed by atoms with E-state index in [0.29, 0.717) is 16.5 Å². The first kappa shape index (κ1) is 12.0. The highest BCUT2D eigenvalue weighted by molar-refractivity contribution is 7.16. The lowest BCUT2D eigenvalue weighted by Gasteiger charge is -2.29. The summed E-state index contributed by atoms with van der Waals surface area (Å²) in [6.45, 7) is 4.57. The fraction of sp³-hybridized carbons (Fsp3) is 0.643. The number of rotatable bonds is 2. The summed E-state index contributed by atoms with van der Waals surface area (Å²) in [5, 5.41) is 3.76. The highest BCUT2D eigenvalue weighted by Gasteiger charge is 2.33. The number of nitrogens with two attached hydrogens (primary N) is 1. The maximum absolute atomic E-state index is 12.2. The molecule has 3 nitrogen and oxygen atoms in total. The second kappa shape index (κ2) is 3.98. The van der Waals surface area contributed by atoms with E-state index in [-0.39, 0.29) is 5.91 Å². The lowest BCUT2D eigenvalue weighted by molar-refractivity contribution is 0.0950. The number of carbonyl (C=O) groups is 1. The van der Waals surface area contributed by atoms with Gasteiger partial charge in [-0.2, -0.15) is 0 Å². The van der Waals surface area contributed by atoms with E-state index in [1.165, 1.54) is 10.4 Å². The van der Waals surface area contributed by atoms with Gasteiger partial charge in [-0.25, -0.2) is 0 Å². The smallest absolute Gasteiger partial charge is 0.254 e. The van der Waals surface area contributed by atoms with E-state index in [9.17, 15) is 4.79 Å². The van der Waals surface area contributed by atoms with Crippen LogP contribution in [0.5, 0.6) is 0 Å². The summed E-state index contributed by atoms with van der Waals surface area (Å²) in [6, 6.07) is 0.396. The molecule has 2 aliphatic rings. The molecule has 0 unspecified atom stereocenters. The molecule has 4 heteroatoms. The first-order valence-corrected chi connectivity index (χ1v) is 7.49.